The van der Waals surface area contributed by atoms with Crippen molar-refractivity contribution in [3.05, 3.63) is 130 Å². The summed E-state index contributed by atoms with van der Waals surface area (Å²) in [6.07, 6.45) is 0. The van der Waals surface area contributed by atoms with Crippen LogP contribution in [0.3, 0.4) is 0 Å². The summed E-state index contributed by atoms with van der Waals surface area (Å²) in [5.41, 5.74) is 10.8. The van der Waals surface area contributed by atoms with E-state index in [1.54, 1.807) is 0 Å². The molecule has 2 nitrogen and oxygen atoms in total. The van der Waals surface area contributed by atoms with Gasteiger partial charge in [-0.1, -0.05) is 97.1 Å². The normalized spacial score (nSPS) is 16.9. The molecule has 2 heteroatoms. The molecule has 1 aliphatic carbocycles. The Labute approximate surface area is 191 Å². The summed E-state index contributed by atoms with van der Waals surface area (Å²) >= 11 is 0. The average molecular weight is 419 g/mol. The van der Waals surface area contributed by atoms with Crippen LogP contribution >= 0.6 is 0 Å². The lowest BCUT2D eigenvalue weighted by Gasteiger charge is -2.38. The van der Waals surface area contributed by atoms with Gasteiger partial charge < -0.3 is 10.6 Å². The van der Waals surface area contributed by atoms with Crippen LogP contribution in [0.25, 0.3) is 11.1 Å². The first-order valence-electron chi connectivity index (χ1n) is 11.5. The lowest BCUT2D eigenvalue weighted by atomic mass is 9.75. The number of hydrogen-bond acceptors (Lipinski definition) is 2. The van der Waals surface area contributed by atoms with Crippen molar-refractivity contribution in [2.45, 2.75) is 39.0 Å². The summed E-state index contributed by atoms with van der Waals surface area (Å²) in [5, 5.41) is 7.81. The van der Waals surface area contributed by atoms with E-state index in [1.165, 1.54) is 44.5 Å². The number of rotatable bonds is 6. The first-order chi connectivity index (χ1) is 15.7. The molecule has 160 valence electrons. The molecule has 0 heterocycles. The van der Waals surface area contributed by atoms with E-state index >= 15 is 0 Å². The zero-order valence-corrected chi connectivity index (χ0v) is 18.8. The SMILES string of the molecule is Cc1cccc2c1-c1c(C)cccc1[C@@H](NCc1ccccc1)[C@@H]2NCc1ccccc1. The molecule has 4 aromatic rings. The third-order valence-corrected chi connectivity index (χ3v) is 6.60. The minimum atomic E-state index is 0.183. The molecule has 0 radical (unpaired) electrons. The van der Waals surface area contributed by atoms with E-state index in [4.69, 9.17) is 0 Å². The molecule has 0 aromatic heterocycles. The third kappa shape index (κ3) is 4.00. The van der Waals surface area contributed by atoms with Crippen LogP contribution in [0.5, 0.6) is 0 Å². The highest BCUT2D eigenvalue weighted by Gasteiger charge is 2.34. The van der Waals surface area contributed by atoms with Crippen molar-refractivity contribution in [3.63, 3.8) is 0 Å². The predicted molar refractivity (Wildman–Crippen MR) is 133 cm³/mol. The van der Waals surface area contributed by atoms with Gasteiger partial charge in [-0.3, -0.25) is 0 Å². The highest BCUT2D eigenvalue weighted by Crippen LogP contribution is 2.47. The molecule has 0 amide bonds. The molecule has 0 spiro atoms. The predicted octanol–water partition coefficient (Wildman–Crippen LogP) is 6.65. The second kappa shape index (κ2) is 9.12. The first-order valence-corrected chi connectivity index (χ1v) is 11.5. The Morgan fingerprint density at radius 2 is 0.906 bits per heavy atom. The van der Waals surface area contributed by atoms with Crippen LogP contribution < -0.4 is 10.6 Å². The van der Waals surface area contributed by atoms with Crippen molar-refractivity contribution in [2.24, 2.45) is 0 Å². The molecular formula is C30H30N2. The largest absolute Gasteiger partial charge is 0.304 e. The summed E-state index contributed by atoms with van der Waals surface area (Å²) in [4.78, 5) is 0. The lowest BCUT2D eigenvalue weighted by molar-refractivity contribution is 0.377. The lowest BCUT2D eigenvalue weighted by Crippen LogP contribution is -2.38. The van der Waals surface area contributed by atoms with Gasteiger partial charge >= 0.3 is 0 Å². The van der Waals surface area contributed by atoms with Gasteiger partial charge in [-0.15, -0.1) is 0 Å². The highest BCUT2D eigenvalue weighted by atomic mass is 15.0. The molecular weight excluding hydrogens is 388 g/mol. The van der Waals surface area contributed by atoms with Crippen LogP contribution in [-0.2, 0) is 13.1 Å². The van der Waals surface area contributed by atoms with E-state index in [1.807, 2.05) is 0 Å². The minimum absolute atomic E-state index is 0.183. The van der Waals surface area contributed by atoms with Gasteiger partial charge in [-0.05, 0) is 58.4 Å². The van der Waals surface area contributed by atoms with Gasteiger partial charge in [0.2, 0.25) is 0 Å². The standard InChI is InChI=1S/C30H30N2/c1-21-11-9-17-25-27(21)28-22(2)12-10-18-26(28)30(32-20-24-15-7-4-8-16-24)29(25)31-19-23-13-5-3-6-14-23/h3-18,29-32H,19-20H2,1-2H3/t29-,30-/m1/s1. The molecule has 0 fully saturated rings. The van der Waals surface area contributed by atoms with E-state index in [2.05, 4.69) is 122 Å². The molecule has 32 heavy (non-hydrogen) atoms. The molecule has 0 aliphatic heterocycles. The quantitative estimate of drug-likeness (QED) is 0.366. The topological polar surface area (TPSA) is 24.1 Å². The van der Waals surface area contributed by atoms with Crippen molar-refractivity contribution in [1.29, 1.82) is 0 Å². The van der Waals surface area contributed by atoms with Crippen LogP contribution in [0.2, 0.25) is 0 Å². The Kier molecular flexibility index (Phi) is 5.89. The molecule has 4 aromatic carbocycles. The molecule has 5 rings (SSSR count). The van der Waals surface area contributed by atoms with Crippen molar-refractivity contribution >= 4 is 0 Å². The first kappa shape index (κ1) is 20.7. The maximum atomic E-state index is 3.91. The Bertz CT molecular complexity index is 1100. The third-order valence-electron chi connectivity index (χ3n) is 6.60. The van der Waals surface area contributed by atoms with Crippen molar-refractivity contribution in [2.75, 3.05) is 0 Å². The summed E-state index contributed by atoms with van der Waals surface area (Å²) in [7, 11) is 0. The average Bonchev–Trinajstić information content (AvgIpc) is 2.83. The van der Waals surface area contributed by atoms with E-state index < -0.39 is 0 Å². The number of fused-ring (bicyclic) bond motifs is 3. The van der Waals surface area contributed by atoms with E-state index in [0.717, 1.165) is 13.1 Å². The number of benzene rings is 4. The number of nitrogens with one attached hydrogen (secondary N) is 2. The maximum Gasteiger partial charge on any atom is 0.0527 e. The molecule has 1 aliphatic rings. The summed E-state index contributed by atoms with van der Waals surface area (Å²) in [6, 6.07) is 35.2. The Balaban J connectivity index is 1.57. The maximum absolute atomic E-state index is 3.91. The molecule has 2 N–H and O–H groups in total. The molecule has 0 saturated carbocycles. The van der Waals surface area contributed by atoms with Crippen molar-refractivity contribution in [3.8, 4) is 11.1 Å². The van der Waals surface area contributed by atoms with Crippen LogP contribution in [0.15, 0.2) is 97.1 Å². The van der Waals surface area contributed by atoms with Gasteiger partial charge in [0, 0.05) is 13.1 Å². The van der Waals surface area contributed by atoms with Crippen molar-refractivity contribution in [1.82, 2.24) is 10.6 Å². The molecule has 0 bridgehead atoms. The number of aryl methyl sites for hydroxylation is 2. The fraction of sp³-hybridized carbons (Fsp3) is 0.200. The van der Waals surface area contributed by atoms with Crippen LogP contribution in [0.1, 0.15) is 45.5 Å². The van der Waals surface area contributed by atoms with E-state index in [-0.39, 0.29) is 12.1 Å². The monoisotopic (exact) mass is 418 g/mol. The van der Waals surface area contributed by atoms with Gasteiger partial charge in [0.25, 0.3) is 0 Å². The van der Waals surface area contributed by atoms with E-state index in [0.29, 0.717) is 0 Å². The zero-order chi connectivity index (χ0) is 21.9. The van der Waals surface area contributed by atoms with Crippen LogP contribution in [0, 0.1) is 13.8 Å². The summed E-state index contributed by atoms with van der Waals surface area (Å²) < 4.78 is 0. The Morgan fingerprint density at radius 1 is 0.500 bits per heavy atom. The van der Waals surface area contributed by atoms with Gasteiger partial charge in [0.1, 0.15) is 0 Å². The zero-order valence-electron chi connectivity index (χ0n) is 18.8. The Hall–Kier alpha value is -3.20. The molecule has 0 saturated heterocycles. The highest BCUT2D eigenvalue weighted by molar-refractivity contribution is 5.80. The molecule has 0 unspecified atom stereocenters. The second-order valence-electron chi connectivity index (χ2n) is 8.77. The summed E-state index contributed by atoms with van der Waals surface area (Å²) in [6.45, 7) is 6.15. The van der Waals surface area contributed by atoms with Crippen LogP contribution in [0.4, 0.5) is 0 Å². The molecule has 2 atom stereocenters. The van der Waals surface area contributed by atoms with Gasteiger partial charge in [-0.2, -0.15) is 0 Å². The second-order valence-corrected chi connectivity index (χ2v) is 8.77. The number of hydrogen-bond donors (Lipinski definition) is 2. The summed E-state index contributed by atoms with van der Waals surface area (Å²) in [5.74, 6) is 0. The van der Waals surface area contributed by atoms with Crippen LogP contribution in [-0.4, -0.2) is 0 Å². The smallest absolute Gasteiger partial charge is 0.0527 e. The van der Waals surface area contributed by atoms with Gasteiger partial charge in [0.05, 0.1) is 12.1 Å². The van der Waals surface area contributed by atoms with Crippen molar-refractivity contribution < 1.29 is 0 Å². The fourth-order valence-electron chi connectivity index (χ4n) is 5.04. The van der Waals surface area contributed by atoms with E-state index in [9.17, 15) is 0 Å². The minimum Gasteiger partial charge on any atom is -0.304 e. The van der Waals surface area contributed by atoms with Gasteiger partial charge in [-0.25, -0.2) is 0 Å². The Morgan fingerprint density at radius 3 is 1.31 bits per heavy atom. The van der Waals surface area contributed by atoms with Gasteiger partial charge in [0.15, 0.2) is 0 Å². The fourth-order valence-corrected chi connectivity index (χ4v) is 5.04.